The van der Waals surface area contributed by atoms with Crippen LogP contribution in [0.15, 0.2) is 59.8 Å². The molecule has 2 amide bonds. The van der Waals surface area contributed by atoms with E-state index in [2.05, 4.69) is 71.8 Å². The second-order valence-electron chi connectivity index (χ2n) is 9.69. The molecule has 0 aliphatic carbocycles. The summed E-state index contributed by atoms with van der Waals surface area (Å²) in [5.74, 6) is 0.859. The molecule has 9 nitrogen and oxygen atoms in total. The lowest BCUT2D eigenvalue weighted by Gasteiger charge is -2.32. The van der Waals surface area contributed by atoms with Gasteiger partial charge in [-0.2, -0.15) is 0 Å². The fraction of sp³-hybridized carbons (Fsp3) is 0.321. The molecule has 0 unspecified atom stereocenters. The molecular weight excluding hydrogens is 498 g/mol. The van der Waals surface area contributed by atoms with Crippen LogP contribution >= 0.6 is 11.8 Å². The number of anilines is 2. The molecule has 0 saturated carbocycles. The van der Waals surface area contributed by atoms with Gasteiger partial charge in [0.05, 0.1) is 16.3 Å². The molecule has 2 aromatic heterocycles. The molecule has 38 heavy (non-hydrogen) atoms. The first-order chi connectivity index (χ1) is 18.4. The summed E-state index contributed by atoms with van der Waals surface area (Å²) in [6.45, 7) is 3.51. The van der Waals surface area contributed by atoms with Crippen LogP contribution in [0.1, 0.15) is 24.1 Å². The highest BCUT2D eigenvalue weighted by atomic mass is 32.2. The minimum atomic E-state index is -0.380. The maximum absolute atomic E-state index is 11.8. The van der Waals surface area contributed by atoms with Crippen LogP contribution in [-0.2, 0) is 11.3 Å². The Hall–Kier alpha value is -3.76. The molecule has 0 atom stereocenters. The number of piperidine rings is 1. The smallest absolute Gasteiger partial charge is 0.290 e. The molecular formula is C28H31N7O2S. The Morgan fingerprint density at radius 3 is 2.68 bits per heavy atom. The number of imide groups is 1. The zero-order valence-corrected chi connectivity index (χ0v) is 22.4. The van der Waals surface area contributed by atoms with Crippen LogP contribution in [0.25, 0.3) is 17.3 Å². The third-order valence-corrected chi connectivity index (χ3v) is 7.54. The highest BCUT2D eigenvalue weighted by Gasteiger charge is 2.25. The van der Waals surface area contributed by atoms with Gasteiger partial charge in [0.15, 0.2) is 0 Å². The van der Waals surface area contributed by atoms with Crippen molar-refractivity contribution in [3.8, 4) is 11.3 Å². The van der Waals surface area contributed by atoms with E-state index in [-0.39, 0.29) is 11.1 Å². The Morgan fingerprint density at radius 2 is 1.92 bits per heavy atom. The van der Waals surface area contributed by atoms with Crippen molar-refractivity contribution in [2.75, 3.05) is 43.5 Å². The van der Waals surface area contributed by atoms with Gasteiger partial charge in [0.25, 0.3) is 11.1 Å². The first kappa shape index (κ1) is 25.9. The van der Waals surface area contributed by atoms with Gasteiger partial charge in [-0.3, -0.25) is 19.9 Å². The lowest BCUT2D eigenvalue weighted by molar-refractivity contribution is -0.115. The number of thioether (sulfide) groups is 1. The van der Waals surface area contributed by atoms with Crippen LogP contribution in [-0.4, -0.2) is 59.8 Å². The van der Waals surface area contributed by atoms with Gasteiger partial charge in [0, 0.05) is 57.4 Å². The van der Waals surface area contributed by atoms with Crippen LogP contribution in [0, 0.1) is 5.92 Å². The van der Waals surface area contributed by atoms with Crippen molar-refractivity contribution < 1.29 is 9.59 Å². The minimum Gasteiger partial charge on any atom is -0.378 e. The van der Waals surface area contributed by atoms with Gasteiger partial charge in [-0.25, -0.2) is 9.97 Å². The molecule has 2 N–H and O–H groups in total. The van der Waals surface area contributed by atoms with Crippen molar-refractivity contribution in [1.29, 1.82) is 0 Å². The summed E-state index contributed by atoms with van der Waals surface area (Å²) in [4.78, 5) is 41.5. The highest BCUT2D eigenvalue weighted by Crippen LogP contribution is 2.26. The number of aromatic nitrogens is 3. The minimum absolute atomic E-state index is 0.354. The molecule has 0 bridgehead atoms. The molecule has 2 aliphatic rings. The van der Waals surface area contributed by atoms with Gasteiger partial charge in [0.2, 0.25) is 5.95 Å². The summed E-state index contributed by atoms with van der Waals surface area (Å²) in [5, 5.41) is 5.54. The standard InChI is InChI=1S/C28H31N7O2S/c1-34(2)23-5-3-4-21(15-23)24-14-20(6-10-30-24)18-29-17-19-8-12-35(13-9-19)27-31-11-7-22(32-27)16-25-26(36)33-28(37)38-25/h3-7,10-11,14-16,19,29H,8-9,12-13,17-18H2,1-2H3,(H,33,36,37)/b25-16+. The average Bonchev–Trinajstić information content (AvgIpc) is 3.25. The molecule has 2 aliphatic heterocycles. The van der Waals surface area contributed by atoms with E-state index in [1.807, 2.05) is 20.3 Å². The average molecular weight is 530 g/mol. The molecule has 196 valence electrons. The van der Waals surface area contributed by atoms with Crippen LogP contribution in [0.4, 0.5) is 16.4 Å². The predicted octanol–water partition coefficient (Wildman–Crippen LogP) is 3.93. The number of rotatable bonds is 8. The molecule has 5 rings (SSSR count). The van der Waals surface area contributed by atoms with Gasteiger partial charge >= 0.3 is 0 Å². The van der Waals surface area contributed by atoms with E-state index >= 15 is 0 Å². The normalized spacial score (nSPS) is 17.2. The molecule has 0 radical (unpaired) electrons. The fourth-order valence-corrected chi connectivity index (χ4v) is 5.26. The van der Waals surface area contributed by atoms with E-state index in [0.29, 0.717) is 22.5 Å². The second kappa shape index (κ2) is 11.7. The summed E-state index contributed by atoms with van der Waals surface area (Å²) in [7, 11) is 4.09. The van der Waals surface area contributed by atoms with Crippen LogP contribution in [0.3, 0.4) is 0 Å². The number of nitrogens with zero attached hydrogens (tertiary/aromatic N) is 5. The summed E-state index contributed by atoms with van der Waals surface area (Å²) >= 11 is 0.893. The Bertz CT molecular complexity index is 1350. The number of carbonyl (C=O) groups excluding carboxylic acids is 2. The predicted molar refractivity (Wildman–Crippen MR) is 152 cm³/mol. The molecule has 3 aromatic rings. The molecule has 10 heteroatoms. The fourth-order valence-electron chi connectivity index (χ4n) is 4.59. The van der Waals surface area contributed by atoms with Crippen molar-refractivity contribution >= 4 is 40.6 Å². The van der Waals surface area contributed by atoms with Crippen LogP contribution in [0.5, 0.6) is 0 Å². The number of carbonyl (C=O) groups is 2. The third kappa shape index (κ3) is 6.38. The van der Waals surface area contributed by atoms with E-state index in [0.717, 1.165) is 67.7 Å². The maximum Gasteiger partial charge on any atom is 0.290 e. The lowest BCUT2D eigenvalue weighted by Crippen LogP contribution is -2.38. The van der Waals surface area contributed by atoms with E-state index < -0.39 is 0 Å². The van der Waals surface area contributed by atoms with Gasteiger partial charge in [-0.1, -0.05) is 12.1 Å². The van der Waals surface area contributed by atoms with Gasteiger partial charge in [-0.15, -0.1) is 0 Å². The van der Waals surface area contributed by atoms with E-state index in [1.165, 1.54) is 5.56 Å². The number of benzene rings is 1. The van der Waals surface area contributed by atoms with E-state index in [4.69, 9.17) is 0 Å². The summed E-state index contributed by atoms with van der Waals surface area (Å²) in [5.41, 5.74) is 5.10. The van der Waals surface area contributed by atoms with Gasteiger partial charge < -0.3 is 15.1 Å². The van der Waals surface area contributed by atoms with Crippen molar-refractivity contribution in [2.24, 2.45) is 5.92 Å². The summed E-state index contributed by atoms with van der Waals surface area (Å²) < 4.78 is 0. The SMILES string of the molecule is CN(C)c1cccc(-c2cc(CNCC3CCN(c4nccc(/C=C5/SC(=O)NC5=O)n4)CC3)ccn2)c1. The number of pyridine rings is 1. The number of nitrogens with one attached hydrogen (secondary N) is 2. The maximum atomic E-state index is 11.8. The Morgan fingerprint density at radius 1 is 1.11 bits per heavy atom. The Kier molecular flexibility index (Phi) is 8.00. The van der Waals surface area contributed by atoms with E-state index in [9.17, 15) is 9.59 Å². The number of amides is 2. The zero-order chi connectivity index (χ0) is 26.5. The van der Waals surface area contributed by atoms with Crippen molar-refractivity contribution in [3.63, 3.8) is 0 Å². The van der Waals surface area contributed by atoms with Crippen molar-refractivity contribution in [2.45, 2.75) is 19.4 Å². The quantitative estimate of drug-likeness (QED) is 0.420. The lowest BCUT2D eigenvalue weighted by atomic mass is 9.97. The van der Waals surface area contributed by atoms with Crippen LogP contribution < -0.4 is 20.4 Å². The topological polar surface area (TPSA) is 103 Å². The summed E-state index contributed by atoms with van der Waals surface area (Å²) in [6.07, 6.45) is 7.31. The van der Waals surface area contributed by atoms with Gasteiger partial charge in [-0.05, 0) is 79.0 Å². The molecule has 2 saturated heterocycles. The zero-order valence-electron chi connectivity index (χ0n) is 21.6. The van der Waals surface area contributed by atoms with E-state index in [1.54, 1.807) is 18.3 Å². The third-order valence-electron chi connectivity index (χ3n) is 6.73. The Labute approximate surface area is 226 Å². The monoisotopic (exact) mass is 529 g/mol. The first-order valence-electron chi connectivity index (χ1n) is 12.7. The van der Waals surface area contributed by atoms with Gasteiger partial charge in [0.1, 0.15) is 0 Å². The number of hydrogen-bond donors (Lipinski definition) is 2. The second-order valence-corrected chi connectivity index (χ2v) is 10.7. The highest BCUT2D eigenvalue weighted by molar-refractivity contribution is 8.18. The molecule has 0 spiro atoms. The molecule has 4 heterocycles. The van der Waals surface area contributed by atoms with Crippen molar-refractivity contribution in [1.82, 2.24) is 25.6 Å². The largest absolute Gasteiger partial charge is 0.378 e. The van der Waals surface area contributed by atoms with Crippen molar-refractivity contribution in [3.05, 3.63) is 71.0 Å². The molecule has 2 fully saturated rings. The molecule has 1 aromatic carbocycles. The Balaban J connectivity index is 1.12. The van der Waals surface area contributed by atoms with Crippen LogP contribution in [0.2, 0.25) is 0 Å². The summed E-state index contributed by atoms with van der Waals surface area (Å²) in [6, 6.07) is 14.4. The number of hydrogen-bond acceptors (Lipinski definition) is 9. The first-order valence-corrected chi connectivity index (χ1v) is 13.5.